The van der Waals surface area contributed by atoms with Gasteiger partial charge in [-0.05, 0) is 60.9 Å². The molecule has 7 heteroatoms. The Kier molecular flexibility index (Phi) is 7.70. The number of carbonyl (C=O) groups excluding carboxylic acids is 2. The lowest BCUT2D eigenvalue weighted by atomic mass is 10.0. The van der Waals surface area contributed by atoms with Crippen molar-refractivity contribution in [2.24, 2.45) is 0 Å². The van der Waals surface area contributed by atoms with Crippen LogP contribution in [0, 0.1) is 5.82 Å². The van der Waals surface area contributed by atoms with Gasteiger partial charge in [-0.1, -0.05) is 18.2 Å². The molecule has 6 nitrogen and oxygen atoms in total. The van der Waals surface area contributed by atoms with E-state index in [0.29, 0.717) is 42.9 Å². The van der Waals surface area contributed by atoms with Crippen molar-refractivity contribution >= 4 is 17.8 Å². The van der Waals surface area contributed by atoms with Gasteiger partial charge in [0.25, 0.3) is 5.91 Å². The van der Waals surface area contributed by atoms with Crippen molar-refractivity contribution in [1.29, 1.82) is 0 Å². The number of hydrogen-bond acceptors (Lipinski definition) is 5. The molecular formula is C23H25FN2O4. The van der Waals surface area contributed by atoms with Gasteiger partial charge in [-0.15, -0.1) is 0 Å². The summed E-state index contributed by atoms with van der Waals surface area (Å²) in [5.74, 6) is -0.374. The third kappa shape index (κ3) is 6.23. The number of hydrogen-bond donors (Lipinski definition) is 2. The van der Waals surface area contributed by atoms with Crippen LogP contribution in [-0.2, 0) is 11.3 Å². The molecule has 0 saturated carbocycles. The summed E-state index contributed by atoms with van der Waals surface area (Å²) in [6.45, 7) is 2.75. The van der Waals surface area contributed by atoms with Gasteiger partial charge in [0.2, 0.25) is 0 Å². The minimum Gasteiger partial charge on any atom is -0.493 e. The highest BCUT2D eigenvalue weighted by atomic mass is 19.1. The van der Waals surface area contributed by atoms with Crippen molar-refractivity contribution in [3.05, 3.63) is 71.0 Å². The van der Waals surface area contributed by atoms with E-state index < -0.39 is 5.91 Å². The fourth-order valence-electron chi connectivity index (χ4n) is 3.39. The summed E-state index contributed by atoms with van der Waals surface area (Å²) in [6.07, 6.45) is 4.58. The highest BCUT2D eigenvalue weighted by molar-refractivity contribution is 5.99. The second kappa shape index (κ2) is 10.7. The van der Waals surface area contributed by atoms with Crippen molar-refractivity contribution in [3.63, 3.8) is 0 Å². The molecule has 0 saturated heterocycles. The molecule has 0 radical (unpaired) electrons. The van der Waals surface area contributed by atoms with E-state index in [2.05, 4.69) is 4.90 Å². The number of Topliss-reactive ketones (excluding diaryl/α,β-unsaturated/α-hetero) is 1. The van der Waals surface area contributed by atoms with Gasteiger partial charge in [0.1, 0.15) is 11.6 Å². The second-order valence-electron chi connectivity index (χ2n) is 7.20. The minimum absolute atomic E-state index is 0.0181. The quantitative estimate of drug-likeness (QED) is 0.456. The number of rotatable bonds is 4. The Labute approximate surface area is 174 Å². The highest BCUT2D eigenvalue weighted by Crippen LogP contribution is 2.24. The summed E-state index contributed by atoms with van der Waals surface area (Å²) in [5.41, 5.74) is 3.73. The van der Waals surface area contributed by atoms with Gasteiger partial charge >= 0.3 is 0 Å². The summed E-state index contributed by atoms with van der Waals surface area (Å²) in [5, 5.41) is 8.58. The Morgan fingerprint density at radius 2 is 1.93 bits per heavy atom. The smallest absolute Gasteiger partial charge is 0.267 e. The van der Waals surface area contributed by atoms with Crippen LogP contribution in [0.3, 0.4) is 0 Å². The van der Waals surface area contributed by atoms with Crippen LogP contribution in [0.15, 0.2) is 48.5 Å². The lowest BCUT2D eigenvalue weighted by Crippen LogP contribution is -2.26. The molecule has 0 atom stereocenters. The molecule has 2 aromatic carbocycles. The van der Waals surface area contributed by atoms with Crippen molar-refractivity contribution in [3.8, 4) is 5.75 Å². The predicted octanol–water partition coefficient (Wildman–Crippen LogP) is 3.59. The molecule has 1 aliphatic heterocycles. The lowest BCUT2D eigenvalue weighted by molar-refractivity contribution is -0.124. The molecule has 3 rings (SSSR count). The Balaban J connectivity index is 1.69. The molecule has 1 amide bonds. The van der Waals surface area contributed by atoms with E-state index in [1.54, 1.807) is 30.3 Å². The summed E-state index contributed by atoms with van der Waals surface area (Å²) in [7, 11) is 0. The van der Waals surface area contributed by atoms with E-state index in [1.807, 2.05) is 0 Å². The molecule has 0 unspecified atom stereocenters. The van der Waals surface area contributed by atoms with Crippen molar-refractivity contribution < 1.29 is 23.9 Å². The third-order valence-corrected chi connectivity index (χ3v) is 4.92. The van der Waals surface area contributed by atoms with Gasteiger partial charge in [0, 0.05) is 25.6 Å². The van der Waals surface area contributed by atoms with E-state index in [1.165, 1.54) is 29.8 Å². The molecule has 158 valence electrons. The van der Waals surface area contributed by atoms with Crippen LogP contribution in [0.5, 0.6) is 5.75 Å². The molecule has 30 heavy (non-hydrogen) atoms. The molecule has 1 heterocycles. The average Bonchev–Trinajstić information content (AvgIpc) is 2.79. The number of benzene rings is 2. The Morgan fingerprint density at radius 1 is 1.17 bits per heavy atom. The van der Waals surface area contributed by atoms with Crippen LogP contribution in [0.1, 0.15) is 40.7 Å². The average molecular weight is 412 g/mol. The van der Waals surface area contributed by atoms with Crippen molar-refractivity contribution in [2.45, 2.75) is 25.8 Å². The summed E-state index contributed by atoms with van der Waals surface area (Å²) < 4.78 is 19.0. The van der Waals surface area contributed by atoms with Crippen LogP contribution in [0.25, 0.3) is 6.08 Å². The molecule has 0 spiro atoms. The molecule has 2 N–H and O–H groups in total. The summed E-state index contributed by atoms with van der Waals surface area (Å²) in [6, 6.07) is 11.7. The number of amides is 1. The van der Waals surface area contributed by atoms with Crippen LogP contribution in [0.2, 0.25) is 0 Å². The molecule has 1 aliphatic rings. The first-order chi connectivity index (χ1) is 14.5. The van der Waals surface area contributed by atoms with Gasteiger partial charge in [-0.3, -0.25) is 19.7 Å². The van der Waals surface area contributed by atoms with E-state index in [0.717, 1.165) is 25.1 Å². The van der Waals surface area contributed by atoms with E-state index in [-0.39, 0.29) is 11.6 Å². The third-order valence-electron chi connectivity index (χ3n) is 4.92. The van der Waals surface area contributed by atoms with Crippen molar-refractivity contribution in [1.82, 2.24) is 10.4 Å². The molecular weight excluding hydrogens is 387 g/mol. The molecule has 2 aromatic rings. The van der Waals surface area contributed by atoms with Gasteiger partial charge in [-0.2, -0.15) is 0 Å². The number of hydroxylamine groups is 1. The van der Waals surface area contributed by atoms with Gasteiger partial charge < -0.3 is 4.74 Å². The van der Waals surface area contributed by atoms with Crippen LogP contribution < -0.4 is 10.2 Å². The molecule has 0 fully saturated rings. The zero-order chi connectivity index (χ0) is 21.3. The Bertz CT molecular complexity index is 912. The number of ketones is 1. The number of fused-ring (bicyclic) bond motifs is 1. The van der Waals surface area contributed by atoms with Crippen LogP contribution >= 0.6 is 0 Å². The van der Waals surface area contributed by atoms with Crippen molar-refractivity contribution in [2.75, 3.05) is 19.7 Å². The Morgan fingerprint density at radius 3 is 2.70 bits per heavy atom. The summed E-state index contributed by atoms with van der Waals surface area (Å²) >= 11 is 0. The van der Waals surface area contributed by atoms with Crippen LogP contribution in [-0.4, -0.2) is 41.5 Å². The SMILES string of the molecule is O=C(/C=C/c1ccc2c(c1)C(=O)CCCN(Cc1ccc(F)cc1)CCCO2)NO. The van der Waals surface area contributed by atoms with E-state index >= 15 is 0 Å². The van der Waals surface area contributed by atoms with E-state index in [4.69, 9.17) is 9.94 Å². The molecule has 0 bridgehead atoms. The number of ether oxygens (including phenoxy) is 1. The fraction of sp³-hybridized carbons (Fsp3) is 0.304. The summed E-state index contributed by atoms with van der Waals surface area (Å²) in [4.78, 5) is 26.2. The largest absolute Gasteiger partial charge is 0.493 e. The standard InChI is InChI=1S/C23H25FN2O4/c24-19-8-4-18(5-9-19)16-26-12-1-3-21(27)20-15-17(7-11-23(28)25-29)6-10-22(20)30-14-2-13-26/h4-11,15,29H,1-3,12-14,16H2,(H,25,28)/b11-7+. The zero-order valence-corrected chi connectivity index (χ0v) is 16.6. The topological polar surface area (TPSA) is 78.9 Å². The first-order valence-corrected chi connectivity index (χ1v) is 9.94. The normalized spacial score (nSPS) is 15.9. The van der Waals surface area contributed by atoms with E-state index in [9.17, 15) is 14.0 Å². The zero-order valence-electron chi connectivity index (χ0n) is 16.6. The first-order valence-electron chi connectivity index (χ1n) is 9.94. The van der Waals surface area contributed by atoms with Gasteiger partial charge in [0.15, 0.2) is 5.78 Å². The fourth-order valence-corrected chi connectivity index (χ4v) is 3.39. The monoisotopic (exact) mass is 412 g/mol. The number of halogens is 1. The second-order valence-corrected chi connectivity index (χ2v) is 7.20. The maximum Gasteiger partial charge on any atom is 0.267 e. The molecule has 0 aromatic heterocycles. The van der Waals surface area contributed by atoms with Gasteiger partial charge in [0.05, 0.1) is 12.2 Å². The minimum atomic E-state index is -0.643. The maximum atomic E-state index is 13.1. The van der Waals surface area contributed by atoms with Gasteiger partial charge in [-0.25, -0.2) is 9.87 Å². The number of nitrogens with one attached hydrogen (secondary N) is 1. The number of carbonyl (C=O) groups is 2. The lowest BCUT2D eigenvalue weighted by Gasteiger charge is -2.22. The highest BCUT2D eigenvalue weighted by Gasteiger charge is 2.16. The number of nitrogens with zero attached hydrogens (tertiary/aromatic N) is 1. The van der Waals surface area contributed by atoms with Crippen LogP contribution in [0.4, 0.5) is 4.39 Å². The molecule has 0 aliphatic carbocycles. The Hall–Kier alpha value is -3.03. The maximum absolute atomic E-state index is 13.1. The first kappa shape index (κ1) is 21.7. The predicted molar refractivity (Wildman–Crippen MR) is 111 cm³/mol.